The van der Waals surface area contributed by atoms with Gasteiger partial charge >= 0.3 is 17.9 Å². The van der Waals surface area contributed by atoms with E-state index in [2.05, 4.69) is 10.6 Å². The van der Waals surface area contributed by atoms with Crippen molar-refractivity contribution in [1.29, 1.82) is 0 Å². The highest BCUT2D eigenvalue weighted by atomic mass is 16.4. The van der Waals surface area contributed by atoms with E-state index in [0.717, 1.165) is 0 Å². The largest absolute Gasteiger partial charge is 0.508 e. The molecule has 4 atom stereocenters. The lowest BCUT2D eigenvalue weighted by Gasteiger charge is -2.25. The molecule has 0 aliphatic rings. The fourth-order valence-corrected chi connectivity index (χ4v) is 3.41. The number of nitrogens with two attached hydrogens (primary N) is 1. The summed E-state index contributed by atoms with van der Waals surface area (Å²) in [5.74, 6) is -7.08. The van der Waals surface area contributed by atoms with Crippen LogP contribution in [0.3, 0.4) is 0 Å². The Morgan fingerprint density at radius 3 is 1.82 bits per heavy atom. The van der Waals surface area contributed by atoms with E-state index in [9.17, 15) is 44.1 Å². The molecule has 0 aliphatic carbocycles. The number of hydrogen-bond acceptors (Lipinski definition) is 8. The number of rotatable bonds is 16. The van der Waals surface area contributed by atoms with Gasteiger partial charge in [0.05, 0.1) is 12.5 Å². The van der Waals surface area contributed by atoms with Crippen LogP contribution in [0.5, 0.6) is 5.75 Å². The highest BCUT2D eigenvalue weighted by Gasteiger charge is 2.32. The van der Waals surface area contributed by atoms with Crippen molar-refractivity contribution in [1.82, 2.24) is 16.0 Å². The molecule has 38 heavy (non-hydrogen) atoms. The fourth-order valence-electron chi connectivity index (χ4n) is 3.41. The summed E-state index contributed by atoms with van der Waals surface area (Å²) in [5.41, 5.74) is 6.63. The van der Waals surface area contributed by atoms with Crippen molar-refractivity contribution >= 4 is 35.6 Å². The average Bonchev–Trinajstić information content (AvgIpc) is 2.81. The van der Waals surface area contributed by atoms with Gasteiger partial charge in [-0.25, -0.2) is 4.79 Å². The number of carbonyl (C=O) groups is 6. The molecule has 3 amide bonds. The molecule has 1 aromatic carbocycles. The van der Waals surface area contributed by atoms with Gasteiger partial charge in [0.25, 0.3) is 0 Å². The lowest BCUT2D eigenvalue weighted by Crippen LogP contribution is -2.57. The van der Waals surface area contributed by atoms with Crippen LogP contribution < -0.4 is 21.7 Å². The van der Waals surface area contributed by atoms with E-state index >= 15 is 0 Å². The maximum Gasteiger partial charge on any atom is 0.326 e. The second-order valence-corrected chi connectivity index (χ2v) is 9.16. The molecular weight excluding hydrogens is 504 g/mol. The van der Waals surface area contributed by atoms with Crippen LogP contribution in [0.1, 0.15) is 45.1 Å². The molecule has 0 heterocycles. The standard InChI is InChI=1S/C24H34N4O10/c1-12(2)9-17(27-21(34)15(25)10-13-3-5-14(29)6-4-13)22(35)28-18(11-20(32)33)23(36)26-16(24(37)38)7-8-19(30)31/h3-6,12,15-18,29H,7-11,25H2,1-2H3,(H,26,36)(H,27,34)(H,28,35)(H,30,31)(H,32,33)(H,37,38)/t15-,16-,17-,18-/m0/s1. The first-order valence-electron chi connectivity index (χ1n) is 11.8. The molecule has 14 nitrogen and oxygen atoms in total. The quantitative estimate of drug-likeness (QED) is 0.129. The molecule has 1 aromatic rings. The molecule has 0 spiro atoms. The first kappa shape index (κ1) is 31.8. The maximum absolute atomic E-state index is 13.0. The second-order valence-electron chi connectivity index (χ2n) is 9.16. The topological polar surface area (TPSA) is 245 Å². The van der Waals surface area contributed by atoms with Crippen molar-refractivity contribution in [2.75, 3.05) is 0 Å². The number of carboxylic acids is 3. The van der Waals surface area contributed by atoms with Crippen molar-refractivity contribution in [3.05, 3.63) is 29.8 Å². The van der Waals surface area contributed by atoms with Gasteiger partial charge in [0.15, 0.2) is 0 Å². The molecular formula is C24H34N4O10. The minimum absolute atomic E-state index is 0.0388. The van der Waals surface area contributed by atoms with Gasteiger partial charge in [-0.2, -0.15) is 0 Å². The fraction of sp³-hybridized carbons (Fsp3) is 0.500. The van der Waals surface area contributed by atoms with Gasteiger partial charge in [0.2, 0.25) is 17.7 Å². The number of benzene rings is 1. The third-order valence-corrected chi connectivity index (χ3v) is 5.34. The molecule has 0 fully saturated rings. The molecule has 0 aromatic heterocycles. The maximum atomic E-state index is 13.0. The summed E-state index contributed by atoms with van der Waals surface area (Å²) in [5, 5.41) is 43.4. The van der Waals surface area contributed by atoms with Gasteiger partial charge in [-0.1, -0.05) is 26.0 Å². The first-order valence-corrected chi connectivity index (χ1v) is 11.8. The number of carboxylic acid groups (broad SMARTS) is 3. The minimum Gasteiger partial charge on any atom is -0.508 e. The zero-order valence-corrected chi connectivity index (χ0v) is 21.0. The van der Waals surface area contributed by atoms with Gasteiger partial charge in [0, 0.05) is 6.42 Å². The highest BCUT2D eigenvalue weighted by Crippen LogP contribution is 2.12. The molecule has 0 saturated carbocycles. The Morgan fingerprint density at radius 1 is 0.789 bits per heavy atom. The lowest BCUT2D eigenvalue weighted by molar-refractivity contribution is -0.144. The molecule has 1 rings (SSSR count). The van der Waals surface area contributed by atoms with Gasteiger partial charge in [0.1, 0.15) is 23.9 Å². The molecule has 9 N–H and O–H groups in total. The van der Waals surface area contributed by atoms with Gasteiger partial charge in [-0.15, -0.1) is 0 Å². The Labute approximate surface area is 218 Å². The first-order chi connectivity index (χ1) is 17.7. The summed E-state index contributed by atoms with van der Waals surface area (Å²) in [6.07, 6.45) is -1.72. The van der Waals surface area contributed by atoms with E-state index in [0.29, 0.717) is 5.56 Å². The van der Waals surface area contributed by atoms with Crippen molar-refractivity contribution in [2.24, 2.45) is 11.7 Å². The lowest BCUT2D eigenvalue weighted by atomic mass is 10.0. The summed E-state index contributed by atoms with van der Waals surface area (Å²) in [6.45, 7) is 3.54. The van der Waals surface area contributed by atoms with Crippen LogP contribution in [0.15, 0.2) is 24.3 Å². The van der Waals surface area contributed by atoms with Crippen LogP contribution in [0, 0.1) is 5.92 Å². The summed E-state index contributed by atoms with van der Waals surface area (Å²) in [6, 6.07) is 0.427. The molecule has 210 valence electrons. The van der Waals surface area contributed by atoms with Crippen molar-refractivity contribution in [2.45, 2.75) is 70.1 Å². The second kappa shape index (κ2) is 15.1. The Morgan fingerprint density at radius 2 is 1.32 bits per heavy atom. The molecule has 14 heteroatoms. The molecule has 0 bridgehead atoms. The predicted molar refractivity (Wildman–Crippen MR) is 132 cm³/mol. The third kappa shape index (κ3) is 11.7. The Kier molecular flexibility index (Phi) is 12.7. The van der Waals surface area contributed by atoms with Crippen LogP contribution in [0.2, 0.25) is 0 Å². The minimum atomic E-state index is -1.70. The summed E-state index contributed by atoms with van der Waals surface area (Å²) < 4.78 is 0. The Hall–Kier alpha value is -4.20. The third-order valence-electron chi connectivity index (χ3n) is 5.34. The van der Waals surface area contributed by atoms with Crippen molar-refractivity contribution in [3.63, 3.8) is 0 Å². The zero-order chi connectivity index (χ0) is 29.0. The smallest absolute Gasteiger partial charge is 0.326 e. The van der Waals surface area contributed by atoms with Gasteiger partial charge in [-0.05, 0) is 42.9 Å². The van der Waals surface area contributed by atoms with E-state index < -0.39 is 79.1 Å². The predicted octanol–water partition coefficient (Wildman–Crippen LogP) is -0.813. The molecule has 0 unspecified atom stereocenters. The molecule has 0 saturated heterocycles. The highest BCUT2D eigenvalue weighted by molar-refractivity contribution is 5.95. The number of phenols is 1. The van der Waals surface area contributed by atoms with E-state index in [4.69, 9.17) is 10.8 Å². The van der Waals surface area contributed by atoms with E-state index in [-0.39, 0.29) is 24.5 Å². The number of phenolic OH excluding ortho intramolecular Hbond substituents is 1. The summed E-state index contributed by atoms with van der Waals surface area (Å²) in [7, 11) is 0. The number of nitrogens with one attached hydrogen (secondary N) is 3. The number of hydrogen-bond donors (Lipinski definition) is 8. The Balaban J connectivity index is 2.97. The number of carbonyl (C=O) groups excluding carboxylic acids is 3. The van der Waals surface area contributed by atoms with Crippen LogP contribution in [0.25, 0.3) is 0 Å². The van der Waals surface area contributed by atoms with E-state index in [1.54, 1.807) is 26.0 Å². The Bertz CT molecular complexity index is 1010. The van der Waals surface area contributed by atoms with E-state index in [1.165, 1.54) is 12.1 Å². The summed E-state index contributed by atoms with van der Waals surface area (Å²) >= 11 is 0. The van der Waals surface area contributed by atoms with Crippen LogP contribution in [0.4, 0.5) is 0 Å². The van der Waals surface area contributed by atoms with Crippen LogP contribution >= 0.6 is 0 Å². The summed E-state index contributed by atoms with van der Waals surface area (Å²) in [4.78, 5) is 71.8. The number of amides is 3. The van der Waals surface area contributed by atoms with Gasteiger partial charge in [-0.3, -0.25) is 24.0 Å². The van der Waals surface area contributed by atoms with E-state index in [1.807, 2.05) is 5.32 Å². The number of aromatic hydroxyl groups is 1. The van der Waals surface area contributed by atoms with Crippen molar-refractivity contribution in [3.8, 4) is 5.75 Å². The number of aliphatic carboxylic acids is 3. The van der Waals surface area contributed by atoms with Crippen LogP contribution in [-0.4, -0.2) is 80.2 Å². The van der Waals surface area contributed by atoms with Crippen molar-refractivity contribution < 1.29 is 49.2 Å². The monoisotopic (exact) mass is 538 g/mol. The SMILES string of the molecule is CC(C)C[C@H](NC(=O)[C@@H](N)Cc1ccc(O)cc1)C(=O)N[C@@H](CC(=O)O)C(=O)N[C@@H](CCC(=O)O)C(=O)O. The molecule has 0 aliphatic heterocycles. The zero-order valence-electron chi connectivity index (χ0n) is 21.0. The van der Waals surface area contributed by atoms with Crippen LogP contribution in [-0.2, 0) is 35.2 Å². The molecule has 0 radical (unpaired) electrons. The normalized spacial score (nSPS) is 14.0. The average molecular weight is 539 g/mol. The van der Waals surface area contributed by atoms with Gasteiger partial charge < -0.3 is 42.1 Å².